The van der Waals surface area contributed by atoms with Crippen molar-refractivity contribution in [3.8, 4) is 0 Å². The summed E-state index contributed by atoms with van der Waals surface area (Å²) in [5, 5.41) is 13.4. The maximum atomic E-state index is 12.0. The summed E-state index contributed by atoms with van der Waals surface area (Å²) in [5.41, 5.74) is 1.91. The van der Waals surface area contributed by atoms with Crippen molar-refractivity contribution in [2.45, 2.75) is 6.92 Å². The van der Waals surface area contributed by atoms with Crippen molar-refractivity contribution in [3.05, 3.63) is 63.7 Å². The summed E-state index contributed by atoms with van der Waals surface area (Å²) in [5.74, 6) is -1.21. The Bertz CT molecular complexity index is 831. The molecule has 2 aromatic rings. The van der Waals surface area contributed by atoms with E-state index in [9.17, 15) is 19.7 Å². The van der Waals surface area contributed by atoms with Gasteiger partial charge in [-0.05, 0) is 37.3 Å². The number of amides is 1. The van der Waals surface area contributed by atoms with Crippen LogP contribution in [0.25, 0.3) is 0 Å². The Morgan fingerprint density at radius 1 is 1.15 bits per heavy atom. The van der Waals surface area contributed by atoms with Gasteiger partial charge >= 0.3 is 5.97 Å². The zero-order valence-electron chi connectivity index (χ0n) is 14.7. The lowest BCUT2D eigenvalue weighted by Gasteiger charge is -2.12. The zero-order chi connectivity index (χ0) is 19.3. The maximum Gasteiger partial charge on any atom is 0.338 e. The number of nitro benzene ring substituents is 1. The number of hydrogen-bond acceptors (Lipinski definition) is 6. The van der Waals surface area contributed by atoms with Crippen molar-refractivity contribution >= 4 is 28.9 Å². The summed E-state index contributed by atoms with van der Waals surface area (Å²) in [7, 11) is 3.76. The first-order valence-electron chi connectivity index (χ1n) is 7.77. The Morgan fingerprint density at radius 3 is 2.38 bits per heavy atom. The molecule has 0 saturated heterocycles. The van der Waals surface area contributed by atoms with Crippen molar-refractivity contribution < 1.29 is 19.2 Å². The first-order valence-corrected chi connectivity index (χ1v) is 7.77. The first kappa shape index (κ1) is 18.9. The molecule has 0 saturated carbocycles. The van der Waals surface area contributed by atoms with Crippen LogP contribution in [0.2, 0.25) is 0 Å². The Labute approximate surface area is 150 Å². The van der Waals surface area contributed by atoms with Crippen LogP contribution < -0.4 is 10.2 Å². The molecular formula is C18H19N3O5. The van der Waals surface area contributed by atoms with E-state index in [4.69, 9.17) is 4.74 Å². The number of rotatable bonds is 6. The number of ether oxygens (including phenoxy) is 1. The number of esters is 1. The van der Waals surface area contributed by atoms with Crippen LogP contribution in [-0.2, 0) is 9.53 Å². The van der Waals surface area contributed by atoms with Crippen LogP contribution in [-0.4, -0.2) is 37.5 Å². The smallest absolute Gasteiger partial charge is 0.338 e. The lowest BCUT2D eigenvalue weighted by molar-refractivity contribution is -0.385. The van der Waals surface area contributed by atoms with Crippen molar-refractivity contribution in [2.75, 3.05) is 30.9 Å². The van der Waals surface area contributed by atoms with Crippen LogP contribution in [0.3, 0.4) is 0 Å². The van der Waals surface area contributed by atoms with Crippen LogP contribution in [0, 0.1) is 17.0 Å². The highest BCUT2D eigenvalue weighted by atomic mass is 16.6. The van der Waals surface area contributed by atoms with Crippen LogP contribution >= 0.6 is 0 Å². The van der Waals surface area contributed by atoms with E-state index >= 15 is 0 Å². The van der Waals surface area contributed by atoms with Gasteiger partial charge in [-0.3, -0.25) is 14.9 Å². The molecule has 0 spiro atoms. The van der Waals surface area contributed by atoms with Gasteiger partial charge in [-0.25, -0.2) is 4.79 Å². The molecule has 0 atom stereocenters. The summed E-state index contributed by atoms with van der Waals surface area (Å²) in [6.07, 6.45) is 0. The highest BCUT2D eigenvalue weighted by molar-refractivity contribution is 5.95. The molecule has 0 aliphatic heterocycles. The second-order valence-electron chi connectivity index (χ2n) is 5.82. The predicted molar refractivity (Wildman–Crippen MR) is 97.5 cm³/mol. The summed E-state index contributed by atoms with van der Waals surface area (Å²) in [6.45, 7) is 1.11. The Balaban J connectivity index is 1.93. The summed E-state index contributed by atoms with van der Waals surface area (Å²) < 4.78 is 4.97. The van der Waals surface area contributed by atoms with Crippen LogP contribution in [0.4, 0.5) is 17.1 Å². The highest BCUT2D eigenvalue weighted by Gasteiger charge is 2.14. The molecule has 0 fully saturated rings. The van der Waals surface area contributed by atoms with E-state index in [0.717, 1.165) is 5.69 Å². The normalized spacial score (nSPS) is 10.1. The average molecular weight is 357 g/mol. The zero-order valence-corrected chi connectivity index (χ0v) is 14.7. The number of nitro groups is 1. The van der Waals surface area contributed by atoms with Crippen LogP contribution in [0.1, 0.15) is 15.9 Å². The van der Waals surface area contributed by atoms with Crippen molar-refractivity contribution in [3.63, 3.8) is 0 Å². The third-order valence-electron chi connectivity index (χ3n) is 3.64. The third-order valence-corrected chi connectivity index (χ3v) is 3.64. The topological polar surface area (TPSA) is 102 Å². The number of nitrogens with zero attached hydrogens (tertiary/aromatic N) is 2. The highest BCUT2D eigenvalue weighted by Crippen LogP contribution is 2.22. The molecule has 26 heavy (non-hydrogen) atoms. The molecule has 1 N–H and O–H groups in total. The second-order valence-corrected chi connectivity index (χ2v) is 5.82. The van der Waals surface area contributed by atoms with Gasteiger partial charge in [-0.2, -0.15) is 0 Å². The first-order chi connectivity index (χ1) is 12.3. The predicted octanol–water partition coefficient (Wildman–Crippen LogP) is 2.76. The Morgan fingerprint density at radius 2 is 1.81 bits per heavy atom. The number of carbonyl (C=O) groups excluding carboxylic acids is 2. The van der Waals surface area contributed by atoms with E-state index < -0.39 is 23.4 Å². The third kappa shape index (κ3) is 4.79. The molecule has 8 nitrogen and oxygen atoms in total. The van der Waals surface area contributed by atoms with Gasteiger partial charge in [0.05, 0.1) is 10.5 Å². The standard InChI is InChI=1S/C18H19N3O5/c1-12-4-7-14(10-16(12)21(24)25)19-17(22)11-26-18(23)13-5-8-15(9-6-13)20(2)3/h4-10H,11H2,1-3H3,(H,19,22). The fourth-order valence-electron chi connectivity index (χ4n) is 2.19. The number of carbonyl (C=O) groups is 2. The molecule has 0 aromatic heterocycles. The molecule has 0 aliphatic rings. The molecule has 8 heteroatoms. The monoisotopic (exact) mass is 357 g/mol. The number of nitrogens with one attached hydrogen (secondary N) is 1. The molecule has 1 amide bonds. The van der Waals surface area contributed by atoms with Crippen molar-refractivity contribution in [1.82, 2.24) is 0 Å². The fraction of sp³-hybridized carbons (Fsp3) is 0.222. The molecular weight excluding hydrogens is 338 g/mol. The van der Waals surface area contributed by atoms with E-state index in [0.29, 0.717) is 11.1 Å². The SMILES string of the molecule is Cc1ccc(NC(=O)COC(=O)c2ccc(N(C)C)cc2)cc1[N+](=O)[O-]. The fourth-order valence-corrected chi connectivity index (χ4v) is 2.19. The summed E-state index contributed by atoms with van der Waals surface area (Å²) >= 11 is 0. The minimum Gasteiger partial charge on any atom is -0.452 e. The van der Waals surface area contributed by atoms with Gasteiger partial charge in [0.15, 0.2) is 6.61 Å². The quantitative estimate of drug-likeness (QED) is 0.484. The van der Waals surface area contributed by atoms with Gasteiger partial charge in [0, 0.05) is 37.1 Å². The average Bonchev–Trinajstić information content (AvgIpc) is 2.61. The van der Waals surface area contributed by atoms with E-state index in [1.54, 1.807) is 37.3 Å². The van der Waals surface area contributed by atoms with E-state index in [2.05, 4.69) is 5.32 Å². The lowest BCUT2D eigenvalue weighted by atomic mass is 10.2. The summed E-state index contributed by atoms with van der Waals surface area (Å²) in [6, 6.07) is 11.1. The number of hydrogen-bond donors (Lipinski definition) is 1. The molecule has 0 heterocycles. The molecule has 0 radical (unpaired) electrons. The minimum atomic E-state index is -0.625. The molecule has 0 bridgehead atoms. The van der Waals surface area contributed by atoms with Crippen molar-refractivity contribution in [2.24, 2.45) is 0 Å². The van der Waals surface area contributed by atoms with Gasteiger partial charge < -0.3 is 15.0 Å². The Kier molecular flexibility index (Phi) is 5.90. The molecule has 0 unspecified atom stereocenters. The Hall–Kier alpha value is -3.42. The molecule has 2 aromatic carbocycles. The summed E-state index contributed by atoms with van der Waals surface area (Å²) in [4.78, 5) is 36.1. The number of benzene rings is 2. The van der Waals surface area contributed by atoms with Crippen LogP contribution in [0.5, 0.6) is 0 Å². The maximum absolute atomic E-state index is 12.0. The molecule has 2 rings (SSSR count). The lowest BCUT2D eigenvalue weighted by Crippen LogP contribution is -2.21. The van der Waals surface area contributed by atoms with E-state index in [1.807, 2.05) is 19.0 Å². The largest absolute Gasteiger partial charge is 0.452 e. The van der Waals surface area contributed by atoms with E-state index in [-0.39, 0.29) is 11.4 Å². The molecule has 0 aliphatic carbocycles. The van der Waals surface area contributed by atoms with Gasteiger partial charge in [0.1, 0.15) is 0 Å². The van der Waals surface area contributed by atoms with Crippen molar-refractivity contribution in [1.29, 1.82) is 0 Å². The van der Waals surface area contributed by atoms with Gasteiger partial charge in [-0.1, -0.05) is 6.07 Å². The molecule has 136 valence electrons. The van der Waals surface area contributed by atoms with Gasteiger partial charge in [0.25, 0.3) is 11.6 Å². The minimum absolute atomic E-state index is 0.0965. The number of anilines is 2. The second kappa shape index (κ2) is 8.11. The van der Waals surface area contributed by atoms with Gasteiger partial charge in [-0.15, -0.1) is 0 Å². The van der Waals surface area contributed by atoms with Crippen LogP contribution in [0.15, 0.2) is 42.5 Å². The number of aryl methyl sites for hydroxylation is 1. The van der Waals surface area contributed by atoms with E-state index in [1.165, 1.54) is 12.1 Å². The van der Waals surface area contributed by atoms with Gasteiger partial charge in [0.2, 0.25) is 0 Å².